The molecule has 6 aromatic carbocycles. The van der Waals surface area contributed by atoms with Gasteiger partial charge in [-0.15, -0.1) is 29.3 Å². The number of pyridine rings is 1. The Hall–Kier alpha value is -5.57. The summed E-state index contributed by atoms with van der Waals surface area (Å²) in [6.45, 7) is -1.32. The van der Waals surface area contributed by atoms with E-state index < -0.39 is 79.8 Å². The quantitative estimate of drug-likeness (QED) is 0.154. The van der Waals surface area contributed by atoms with Gasteiger partial charge in [0.05, 0.1) is 27.8 Å². The normalized spacial score (nSPS) is 17.4. The van der Waals surface area contributed by atoms with Crippen LogP contribution in [0.1, 0.15) is 133 Å². The van der Waals surface area contributed by atoms with Gasteiger partial charge in [0.1, 0.15) is 11.6 Å². The van der Waals surface area contributed by atoms with Crippen molar-refractivity contribution in [2.24, 2.45) is 0 Å². The maximum atomic E-state index is 11.5. The second-order valence-corrected chi connectivity index (χ2v) is 16.8. The van der Waals surface area contributed by atoms with E-state index in [1.807, 2.05) is 51.1 Å². The number of fused-ring (bicyclic) bond motifs is 1. The first kappa shape index (κ1) is 26.8. The minimum Gasteiger partial charge on any atom is -0.507 e. The SMILES string of the molecule is [2H]c1c([2H])c(C(C([2H])([2H])[2H])(C([2H])([2H])[2H])C([2H])([2H])[2H])c([2H])c([2H])c1-c1ccnc(-c2[c-]c(-c3cccc4c3nc(-c3ccccc3O)n4-c3ccc(-c4c(C([2H])(C)C)cccc4C([2H])(C)C)cc3C([2H])([2H])[2H])cc(C(C)(C)C)c2)c1.[Pt]. The maximum Gasteiger partial charge on any atom is 0.148 e. The molecule has 0 spiro atoms. The Labute approximate surface area is 408 Å². The predicted molar refractivity (Wildman–Crippen MR) is 257 cm³/mol. The van der Waals surface area contributed by atoms with Gasteiger partial charge in [0.2, 0.25) is 0 Å². The smallest absolute Gasteiger partial charge is 0.148 e. The summed E-state index contributed by atoms with van der Waals surface area (Å²) in [6.07, 6.45) is 1.36. The number of imidazole rings is 1. The third-order valence-corrected chi connectivity index (χ3v) is 10.8. The Morgan fingerprint density at radius 1 is 0.694 bits per heavy atom. The predicted octanol–water partition coefficient (Wildman–Crippen LogP) is 15.4. The molecule has 1 N–H and O–H groups in total. The van der Waals surface area contributed by atoms with Crippen molar-refractivity contribution >= 4 is 11.0 Å². The first-order valence-electron chi connectivity index (χ1n) is 29.0. The van der Waals surface area contributed by atoms with Crippen LogP contribution in [0.15, 0.2) is 133 Å². The van der Waals surface area contributed by atoms with E-state index in [0.29, 0.717) is 55.5 Å². The average molecular weight is 1010 g/mol. The zero-order valence-electron chi connectivity index (χ0n) is 53.5. The summed E-state index contributed by atoms with van der Waals surface area (Å²) < 4.78 is 157. The Balaban J connectivity index is 0.00000924. The van der Waals surface area contributed by atoms with Crippen molar-refractivity contribution in [3.8, 4) is 67.5 Å². The second kappa shape index (κ2) is 17.3. The van der Waals surface area contributed by atoms with Gasteiger partial charge in [0, 0.05) is 52.1 Å². The largest absolute Gasteiger partial charge is 0.507 e. The van der Waals surface area contributed by atoms with Gasteiger partial charge in [-0.3, -0.25) is 9.55 Å². The standard InChI is InChI=1S/C57H58N3O.Pt/c1-35(2)45-17-14-18-46(36(3)4)53(45)40-24-27-50(37(5)30-40)60-51-20-15-19-47(54(51)59-55(60)48-16-12-13-21-52(48)61)41-31-42(33-44(32-41)57(9,10)11)49-34-39(28-29-58-49)38-22-25-43(26-23-38)56(6,7)8;/h12-30,32-36,61H,1-11H3;/q-1;/i5D3,6D3,7D3,8D3,22D,23D,25D,26D,35D,36D;. The van der Waals surface area contributed by atoms with Crippen molar-refractivity contribution in [2.75, 3.05) is 0 Å². The minimum absolute atomic E-state index is 0. The summed E-state index contributed by atoms with van der Waals surface area (Å²) in [5.74, 6) is -2.17. The van der Waals surface area contributed by atoms with Crippen LogP contribution in [-0.4, -0.2) is 19.6 Å². The number of hydrogen-bond donors (Lipinski definition) is 1. The number of aryl methyl sites for hydroxylation is 1. The van der Waals surface area contributed by atoms with Crippen LogP contribution in [0, 0.1) is 12.9 Å². The molecule has 2 heterocycles. The van der Waals surface area contributed by atoms with E-state index in [1.54, 1.807) is 86.9 Å². The van der Waals surface area contributed by atoms with Crippen LogP contribution in [0.3, 0.4) is 0 Å². The van der Waals surface area contributed by atoms with Crippen LogP contribution in [0.4, 0.5) is 0 Å². The zero-order chi connectivity index (χ0) is 58.7. The number of nitrogens with zero attached hydrogens (tertiary/aromatic N) is 3. The molecule has 318 valence electrons. The molecule has 2 aromatic heterocycles. The van der Waals surface area contributed by atoms with Gasteiger partial charge < -0.3 is 5.11 Å². The monoisotopic (exact) mass is 1010 g/mol. The van der Waals surface area contributed by atoms with Gasteiger partial charge in [-0.2, -0.15) is 0 Å². The summed E-state index contributed by atoms with van der Waals surface area (Å²) in [6, 6.07) is 28.5. The minimum atomic E-state index is -3.84. The first-order chi connectivity index (χ1) is 36.2. The average Bonchev–Trinajstić information content (AvgIpc) is 3.76. The molecule has 8 rings (SSSR count). The van der Waals surface area contributed by atoms with Gasteiger partial charge in [0.15, 0.2) is 0 Å². The Morgan fingerprint density at radius 3 is 2.03 bits per heavy atom. The number of benzene rings is 6. The number of phenols is 1. The van der Waals surface area contributed by atoms with Crippen LogP contribution in [0.5, 0.6) is 5.75 Å². The van der Waals surface area contributed by atoms with Gasteiger partial charge in [0.25, 0.3) is 0 Å². The Kier molecular flexibility index (Phi) is 7.48. The molecule has 8 aromatic rings. The van der Waals surface area contributed by atoms with Crippen molar-refractivity contribution in [2.45, 2.75) is 98.5 Å². The van der Waals surface area contributed by atoms with Gasteiger partial charge in [-0.05, 0) is 110 Å². The third-order valence-electron chi connectivity index (χ3n) is 10.8. The van der Waals surface area contributed by atoms with Crippen LogP contribution in [-0.2, 0) is 31.9 Å². The van der Waals surface area contributed by atoms with Gasteiger partial charge >= 0.3 is 0 Å². The van der Waals surface area contributed by atoms with Crippen LogP contribution in [0.25, 0.3) is 72.7 Å². The number of aromatic nitrogens is 3. The van der Waals surface area contributed by atoms with Crippen molar-refractivity contribution in [1.82, 2.24) is 14.5 Å². The molecule has 0 saturated carbocycles. The fraction of sp³-hybridized carbons (Fsp3) is 0.263. The summed E-state index contributed by atoms with van der Waals surface area (Å²) in [5.41, 5.74) is 0.170. The molecule has 0 radical (unpaired) electrons. The number of rotatable bonds is 8. The summed E-state index contributed by atoms with van der Waals surface area (Å²) in [5, 5.41) is 11.5. The fourth-order valence-electron chi connectivity index (χ4n) is 7.65. The molecule has 0 aliphatic rings. The van der Waals surface area contributed by atoms with E-state index >= 15 is 0 Å². The molecule has 0 atom stereocenters. The van der Waals surface area contributed by atoms with Crippen LogP contribution >= 0.6 is 0 Å². The number of hydrogen-bond acceptors (Lipinski definition) is 3. The molecule has 0 fully saturated rings. The number of para-hydroxylation sites is 2. The fourth-order valence-corrected chi connectivity index (χ4v) is 7.65. The summed E-state index contributed by atoms with van der Waals surface area (Å²) in [4.78, 5) is 9.83. The topological polar surface area (TPSA) is 50.9 Å². The van der Waals surface area contributed by atoms with Gasteiger partial charge in [-0.1, -0.05) is 159 Å². The molecule has 0 aliphatic heterocycles. The Bertz CT molecular complexity index is 3610. The maximum absolute atomic E-state index is 11.5. The molecule has 4 nitrogen and oxygen atoms in total. The number of aromatic hydroxyl groups is 1. The molecule has 0 unspecified atom stereocenters. The van der Waals surface area contributed by atoms with Crippen LogP contribution < -0.4 is 0 Å². The van der Waals surface area contributed by atoms with Crippen molar-refractivity contribution < 1.29 is 50.8 Å². The molecule has 0 aliphatic carbocycles. The van der Waals surface area contributed by atoms with E-state index in [4.69, 9.17) is 29.7 Å². The van der Waals surface area contributed by atoms with E-state index in [0.717, 1.165) is 5.56 Å². The van der Waals surface area contributed by atoms with E-state index in [2.05, 4.69) is 11.1 Å². The van der Waals surface area contributed by atoms with Crippen molar-refractivity contribution in [1.29, 1.82) is 0 Å². The summed E-state index contributed by atoms with van der Waals surface area (Å²) >= 11 is 0. The molecule has 0 amide bonds. The van der Waals surface area contributed by atoms with E-state index in [-0.39, 0.29) is 60.7 Å². The van der Waals surface area contributed by atoms with E-state index in [1.165, 1.54) is 24.4 Å². The molecular formula is C57H58N3OPt-. The number of phenolic OH excluding ortho intramolecular Hbond substituents is 1. The molecule has 0 bridgehead atoms. The molecule has 0 saturated heterocycles. The van der Waals surface area contributed by atoms with Crippen molar-refractivity contribution in [3.05, 3.63) is 167 Å². The summed E-state index contributed by atoms with van der Waals surface area (Å²) in [7, 11) is 0. The van der Waals surface area contributed by atoms with E-state index in [9.17, 15) is 5.11 Å². The molecular weight excluding hydrogens is 938 g/mol. The second-order valence-electron chi connectivity index (χ2n) is 16.8. The van der Waals surface area contributed by atoms with Gasteiger partial charge in [-0.25, -0.2) is 4.98 Å². The Morgan fingerprint density at radius 2 is 1.37 bits per heavy atom. The van der Waals surface area contributed by atoms with Crippen LogP contribution in [0.2, 0.25) is 0 Å². The molecule has 62 heavy (non-hydrogen) atoms. The zero-order valence-corrected chi connectivity index (χ0v) is 37.8. The third kappa shape index (κ3) is 8.60. The van der Waals surface area contributed by atoms with Crippen molar-refractivity contribution in [3.63, 3.8) is 0 Å². The molecule has 5 heteroatoms. The first-order valence-corrected chi connectivity index (χ1v) is 20.0.